The first-order valence-electron chi connectivity index (χ1n) is 6.01. The molecule has 0 atom stereocenters. The van der Waals surface area contributed by atoms with Crippen molar-refractivity contribution in [3.05, 3.63) is 42.7 Å². The van der Waals surface area contributed by atoms with Gasteiger partial charge in [-0.3, -0.25) is 4.79 Å². The van der Waals surface area contributed by atoms with E-state index in [1.54, 1.807) is 0 Å². The van der Waals surface area contributed by atoms with Crippen LogP contribution < -0.4 is 10.1 Å². The van der Waals surface area contributed by atoms with Crippen molar-refractivity contribution in [2.24, 2.45) is 5.92 Å². The molecule has 1 aromatic carbocycles. The number of carbonyl (C=O) groups is 1. The van der Waals surface area contributed by atoms with Gasteiger partial charge in [-0.05, 0) is 12.1 Å². The van der Waals surface area contributed by atoms with Gasteiger partial charge in [0, 0.05) is 5.92 Å². The summed E-state index contributed by atoms with van der Waals surface area (Å²) in [7, 11) is 0. The van der Waals surface area contributed by atoms with Crippen LogP contribution in [0.15, 0.2) is 42.7 Å². The number of aromatic nitrogens is 2. The minimum absolute atomic E-state index is 0.0691. The molecule has 0 saturated heterocycles. The topological polar surface area (TPSA) is 64.1 Å². The molecule has 2 rings (SSSR count). The van der Waals surface area contributed by atoms with Crippen molar-refractivity contribution < 1.29 is 9.53 Å². The lowest BCUT2D eigenvalue weighted by Gasteiger charge is -2.07. The molecule has 0 aliphatic rings. The summed E-state index contributed by atoms with van der Waals surface area (Å²) < 4.78 is 5.45. The molecule has 19 heavy (non-hydrogen) atoms. The SMILES string of the molecule is CC(C)C(=O)Nc1cnc(Oc2ccccc2)nc1. The van der Waals surface area contributed by atoms with E-state index >= 15 is 0 Å². The number of benzene rings is 1. The molecule has 0 saturated carbocycles. The molecule has 0 unspecified atom stereocenters. The Bertz CT molecular complexity index is 538. The molecule has 5 heteroatoms. The second-order valence-electron chi connectivity index (χ2n) is 4.31. The second-order valence-corrected chi connectivity index (χ2v) is 4.31. The summed E-state index contributed by atoms with van der Waals surface area (Å²) in [4.78, 5) is 19.6. The number of rotatable bonds is 4. The van der Waals surface area contributed by atoms with Crippen molar-refractivity contribution >= 4 is 11.6 Å². The molecule has 0 bridgehead atoms. The van der Waals surface area contributed by atoms with Gasteiger partial charge in [0.25, 0.3) is 0 Å². The number of hydrogen-bond acceptors (Lipinski definition) is 4. The average Bonchev–Trinajstić information content (AvgIpc) is 2.42. The van der Waals surface area contributed by atoms with Gasteiger partial charge in [0.2, 0.25) is 5.91 Å². The number of ether oxygens (including phenoxy) is 1. The quantitative estimate of drug-likeness (QED) is 0.914. The number of nitrogens with one attached hydrogen (secondary N) is 1. The summed E-state index contributed by atoms with van der Waals surface area (Å²) in [5.41, 5.74) is 0.555. The molecule has 2 aromatic rings. The van der Waals surface area contributed by atoms with Gasteiger partial charge in [-0.2, -0.15) is 0 Å². The van der Waals surface area contributed by atoms with Crippen molar-refractivity contribution in [3.63, 3.8) is 0 Å². The number of amides is 1. The van der Waals surface area contributed by atoms with Gasteiger partial charge in [-0.1, -0.05) is 32.0 Å². The van der Waals surface area contributed by atoms with Crippen LogP contribution in [0.3, 0.4) is 0 Å². The van der Waals surface area contributed by atoms with E-state index in [2.05, 4.69) is 15.3 Å². The standard InChI is InChI=1S/C14H15N3O2/c1-10(2)13(18)17-11-8-15-14(16-9-11)19-12-6-4-3-5-7-12/h3-10H,1-2H3,(H,17,18). The highest BCUT2D eigenvalue weighted by atomic mass is 16.5. The number of carbonyl (C=O) groups excluding carboxylic acids is 1. The Hall–Kier alpha value is -2.43. The van der Waals surface area contributed by atoms with E-state index in [1.165, 1.54) is 12.4 Å². The van der Waals surface area contributed by atoms with Crippen molar-refractivity contribution in [3.8, 4) is 11.8 Å². The number of nitrogens with zero attached hydrogens (tertiary/aromatic N) is 2. The normalized spacial score (nSPS) is 10.3. The molecular weight excluding hydrogens is 242 g/mol. The van der Waals surface area contributed by atoms with Gasteiger partial charge in [-0.25, -0.2) is 9.97 Å². The largest absolute Gasteiger partial charge is 0.424 e. The maximum Gasteiger partial charge on any atom is 0.322 e. The summed E-state index contributed by atoms with van der Waals surface area (Å²) in [5, 5.41) is 2.71. The van der Waals surface area contributed by atoms with Crippen molar-refractivity contribution in [1.82, 2.24) is 9.97 Å². The Morgan fingerprint density at radius 3 is 2.37 bits per heavy atom. The van der Waals surface area contributed by atoms with E-state index in [1.807, 2.05) is 44.2 Å². The van der Waals surface area contributed by atoms with Crippen LogP contribution in [0.4, 0.5) is 5.69 Å². The highest BCUT2D eigenvalue weighted by Gasteiger charge is 2.08. The highest BCUT2D eigenvalue weighted by molar-refractivity contribution is 5.91. The van der Waals surface area contributed by atoms with E-state index in [4.69, 9.17) is 4.74 Å². The molecule has 5 nitrogen and oxygen atoms in total. The molecule has 1 aromatic heterocycles. The summed E-state index contributed by atoms with van der Waals surface area (Å²) in [6.07, 6.45) is 3.04. The Kier molecular flexibility index (Phi) is 4.07. The second kappa shape index (κ2) is 5.95. The Labute approximate surface area is 111 Å². The maximum absolute atomic E-state index is 11.5. The molecule has 0 fully saturated rings. The summed E-state index contributed by atoms with van der Waals surface area (Å²) in [6.45, 7) is 3.64. The summed E-state index contributed by atoms with van der Waals surface area (Å²) in [6, 6.07) is 9.52. The average molecular weight is 257 g/mol. The Morgan fingerprint density at radius 2 is 1.79 bits per heavy atom. The lowest BCUT2D eigenvalue weighted by molar-refractivity contribution is -0.118. The molecule has 1 amide bonds. The third-order valence-corrected chi connectivity index (χ3v) is 2.37. The van der Waals surface area contributed by atoms with E-state index < -0.39 is 0 Å². The van der Waals surface area contributed by atoms with Crippen LogP contribution in [0.2, 0.25) is 0 Å². The third kappa shape index (κ3) is 3.77. The van der Waals surface area contributed by atoms with Crippen LogP contribution in [-0.4, -0.2) is 15.9 Å². The van der Waals surface area contributed by atoms with Gasteiger partial charge in [0.1, 0.15) is 5.75 Å². The highest BCUT2D eigenvalue weighted by Crippen LogP contribution is 2.17. The van der Waals surface area contributed by atoms with Crippen LogP contribution in [0.5, 0.6) is 11.8 Å². The van der Waals surface area contributed by atoms with E-state index in [9.17, 15) is 4.79 Å². The molecular formula is C14H15N3O2. The van der Waals surface area contributed by atoms with Crippen LogP contribution in [0, 0.1) is 5.92 Å². The van der Waals surface area contributed by atoms with E-state index in [0.717, 1.165) is 0 Å². The van der Waals surface area contributed by atoms with Crippen molar-refractivity contribution in [2.45, 2.75) is 13.8 Å². The predicted octanol–water partition coefficient (Wildman–Crippen LogP) is 2.86. The van der Waals surface area contributed by atoms with E-state index in [-0.39, 0.29) is 17.8 Å². The summed E-state index contributed by atoms with van der Waals surface area (Å²) >= 11 is 0. The number of para-hydroxylation sites is 1. The van der Waals surface area contributed by atoms with Gasteiger partial charge in [0.05, 0.1) is 18.1 Å². The maximum atomic E-state index is 11.5. The van der Waals surface area contributed by atoms with Gasteiger partial charge in [0.15, 0.2) is 0 Å². The minimum Gasteiger partial charge on any atom is -0.424 e. The lowest BCUT2D eigenvalue weighted by Crippen LogP contribution is -2.17. The zero-order valence-electron chi connectivity index (χ0n) is 10.8. The predicted molar refractivity (Wildman–Crippen MR) is 72.0 cm³/mol. The summed E-state index contributed by atoms with van der Waals surface area (Å²) in [5.74, 6) is 0.516. The first-order chi connectivity index (χ1) is 9.15. The first-order valence-corrected chi connectivity index (χ1v) is 6.01. The smallest absolute Gasteiger partial charge is 0.322 e. The molecule has 0 spiro atoms. The molecule has 1 N–H and O–H groups in total. The van der Waals surface area contributed by atoms with Crippen LogP contribution >= 0.6 is 0 Å². The first kappa shape index (κ1) is 13.0. The molecule has 98 valence electrons. The molecule has 1 heterocycles. The lowest BCUT2D eigenvalue weighted by atomic mass is 10.2. The van der Waals surface area contributed by atoms with Gasteiger partial charge >= 0.3 is 6.01 Å². The van der Waals surface area contributed by atoms with Crippen molar-refractivity contribution in [1.29, 1.82) is 0 Å². The number of anilines is 1. The van der Waals surface area contributed by atoms with Crippen LogP contribution in [0.25, 0.3) is 0 Å². The fourth-order valence-corrected chi connectivity index (χ4v) is 1.31. The molecule has 0 aliphatic carbocycles. The molecule has 0 aliphatic heterocycles. The Balaban J connectivity index is 2.01. The fraction of sp³-hybridized carbons (Fsp3) is 0.214. The third-order valence-electron chi connectivity index (χ3n) is 2.37. The Morgan fingerprint density at radius 1 is 1.16 bits per heavy atom. The van der Waals surface area contributed by atoms with Gasteiger partial charge < -0.3 is 10.1 Å². The monoisotopic (exact) mass is 257 g/mol. The van der Waals surface area contributed by atoms with Crippen molar-refractivity contribution in [2.75, 3.05) is 5.32 Å². The molecule has 0 radical (unpaired) electrons. The fourth-order valence-electron chi connectivity index (χ4n) is 1.31. The van der Waals surface area contributed by atoms with Crippen LogP contribution in [0.1, 0.15) is 13.8 Å². The minimum atomic E-state index is -0.0831. The van der Waals surface area contributed by atoms with Gasteiger partial charge in [-0.15, -0.1) is 0 Å². The van der Waals surface area contributed by atoms with E-state index in [0.29, 0.717) is 11.4 Å². The zero-order chi connectivity index (χ0) is 13.7. The zero-order valence-corrected chi connectivity index (χ0v) is 10.8. The number of hydrogen-bond donors (Lipinski definition) is 1. The van der Waals surface area contributed by atoms with Crippen LogP contribution in [-0.2, 0) is 4.79 Å².